The fourth-order valence-electron chi connectivity index (χ4n) is 2.77. The fourth-order valence-corrected chi connectivity index (χ4v) is 2.90. The zero-order valence-corrected chi connectivity index (χ0v) is 11.8. The van der Waals surface area contributed by atoms with Gasteiger partial charge in [-0.1, -0.05) is 17.7 Å². The summed E-state index contributed by atoms with van der Waals surface area (Å²) in [5, 5.41) is 10.2. The van der Waals surface area contributed by atoms with Crippen molar-refractivity contribution in [2.75, 3.05) is 11.4 Å². The van der Waals surface area contributed by atoms with Crippen molar-refractivity contribution in [1.29, 1.82) is 0 Å². The molecule has 5 heteroatoms. The molecule has 1 aliphatic rings. The molecule has 0 aliphatic carbocycles. The van der Waals surface area contributed by atoms with Gasteiger partial charge in [0.1, 0.15) is 5.82 Å². The lowest BCUT2D eigenvalue weighted by Gasteiger charge is -2.36. The van der Waals surface area contributed by atoms with E-state index in [4.69, 9.17) is 11.6 Å². The quantitative estimate of drug-likeness (QED) is 0.920. The third-order valence-electron chi connectivity index (χ3n) is 3.73. The molecule has 0 saturated heterocycles. The first-order chi connectivity index (χ1) is 10.1. The molecule has 0 fully saturated rings. The maximum absolute atomic E-state index is 13.3. The van der Waals surface area contributed by atoms with Gasteiger partial charge in [0.25, 0.3) is 0 Å². The van der Waals surface area contributed by atoms with Gasteiger partial charge in [-0.3, -0.25) is 0 Å². The van der Waals surface area contributed by atoms with Gasteiger partial charge in [0.15, 0.2) is 6.04 Å². The molecule has 0 saturated carbocycles. The van der Waals surface area contributed by atoms with Crippen LogP contribution in [0.5, 0.6) is 0 Å². The van der Waals surface area contributed by atoms with E-state index in [-0.39, 0.29) is 5.82 Å². The Hall–Kier alpha value is -2.07. The monoisotopic (exact) mass is 305 g/mol. The molecule has 1 aliphatic heterocycles. The second-order valence-electron chi connectivity index (χ2n) is 5.00. The first-order valence-corrected chi connectivity index (χ1v) is 6.97. The van der Waals surface area contributed by atoms with Crippen LogP contribution in [0.2, 0.25) is 5.02 Å². The number of carboxylic acid groups (broad SMARTS) is 1. The zero-order chi connectivity index (χ0) is 15.0. The fraction of sp³-hybridized carbons (Fsp3) is 0.188. The smallest absolute Gasteiger partial charge is 0.331 e. The van der Waals surface area contributed by atoms with Gasteiger partial charge in [-0.05, 0) is 53.9 Å². The van der Waals surface area contributed by atoms with Crippen LogP contribution >= 0.6 is 11.6 Å². The molecule has 3 nitrogen and oxygen atoms in total. The minimum atomic E-state index is -0.947. The van der Waals surface area contributed by atoms with Gasteiger partial charge in [0, 0.05) is 17.3 Å². The van der Waals surface area contributed by atoms with Crippen molar-refractivity contribution in [2.45, 2.75) is 12.5 Å². The van der Waals surface area contributed by atoms with Crippen LogP contribution in [0, 0.1) is 5.82 Å². The lowest BCUT2D eigenvalue weighted by atomic mass is 9.92. The van der Waals surface area contributed by atoms with Crippen molar-refractivity contribution >= 4 is 23.3 Å². The Bertz CT molecular complexity index is 687. The summed E-state index contributed by atoms with van der Waals surface area (Å²) in [6.45, 7) is 0.523. The van der Waals surface area contributed by atoms with Crippen LogP contribution in [0.15, 0.2) is 42.5 Å². The van der Waals surface area contributed by atoms with Gasteiger partial charge in [0.2, 0.25) is 0 Å². The van der Waals surface area contributed by atoms with Crippen molar-refractivity contribution in [2.24, 2.45) is 0 Å². The van der Waals surface area contributed by atoms with Crippen molar-refractivity contribution in [1.82, 2.24) is 0 Å². The molecule has 0 radical (unpaired) electrons. The van der Waals surface area contributed by atoms with Crippen LogP contribution in [0.1, 0.15) is 17.2 Å². The van der Waals surface area contributed by atoms with Crippen LogP contribution in [-0.4, -0.2) is 17.6 Å². The van der Waals surface area contributed by atoms with Crippen LogP contribution in [0.25, 0.3) is 0 Å². The molecule has 0 aromatic heterocycles. The zero-order valence-electron chi connectivity index (χ0n) is 11.1. The summed E-state index contributed by atoms with van der Waals surface area (Å²) in [4.78, 5) is 13.5. The normalized spacial score (nSPS) is 17.4. The highest BCUT2D eigenvalue weighted by Gasteiger charge is 2.33. The van der Waals surface area contributed by atoms with Gasteiger partial charge in [0.05, 0.1) is 0 Å². The van der Waals surface area contributed by atoms with E-state index in [1.807, 2.05) is 0 Å². The Morgan fingerprint density at radius 3 is 2.62 bits per heavy atom. The molecule has 2 aromatic rings. The van der Waals surface area contributed by atoms with E-state index in [1.165, 1.54) is 12.1 Å². The van der Waals surface area contributed by atoms with Gasteiger partial charge in [-0.2, -0.15) is 0 Å². The van der Waals surface area contributed by atoms with Crippen molar-refractivity contribution in [3.63, 3.8) is 0 Å². The predicted molar refractivity (Wildman–Crippen MR) is 79.3 cm³/mol. The summed E-state index contributed by atoms with van der Waals surface area (Å²) in [6.07, 6.45) is 0.611. The van der Waals surface area contributed by atoms with Gasteiger partial charge < -0.3 is 10.0 Å². The summed E-state index contributed by atoms with van der Waals surface area (Å²) in [7, 11) is 0. The summed E-state index contributed by atoms with van der Waals surface area (Å²) in [6, 6.07) is 10.5. The number of hydrogen-bond acceptors (Lipinski definition) is 2. The Morgan fingerprint density at radius 2 is 1.95 bits per heavy atom. The molecule has 0 unspecified atom stereocenters. The minimum Gasteiger partial charge on any atom is -0.479 e. The number of fused-ring (bicyclic) bond motifs is 1. The molecule has 0 spiro atoms. The lowest BCUT2D eigenvalue weighted by Crippen LogP contribution is -2.39. The van der Waals surface area contributed by atoms with Crippen LogP contribution in [0.3, 0.4) is 0 Å². The molecule has 1 atom stereocenters. The Balaban J connectivity index is 2.05. The van der Waals surface area contributed by atoms with Crippen molar-refractivity contribution < 1.29 is 14.3 Å². The molecule has 108 valence electrons. The SMILES string of the molecule is O=C(O)[C@H]1c2ccc(F)cc2CCN1c1ccc(Cl)cc1. The number of rotatable bonds is 2. The lowest BCUT2D eigenvalue weighted by molar-refractivity contribution is -0.138. The van der Waals surface area contributed by atoms with Crippen LogP contribution < -0.4 is 4.90 Å². The number of halogens is 2. The average molecular weight is 306 g/mol. The van der Waals surface area contributed by atoms with Gasteiger partial charge in [-0.25, -0.2) is 9.18 Å². The number of aliphatic carboxylic acids is 1. The largest absolute Gasteiger partial charge is 0.479 e. The third kappa shape index (κ3) is 2.59. The van der Waals surface area contributed by atoms with Crippen molar-refractivity contribution in [3.05, 3.63) is 64.4 Å². The highest BCUT2D eigenvalue weighted by atomic mass is 35.5. The highest BCUT2D eigenvalue weighted by Crippen LogP contribution is 2.34. The topological polar surface area (TPSA) is 40.5 Å². The number of carboxylic acids is 1. The third-order valence-corrected chi connectivity index (χ3v) is 3.98. The first-order valence-electron chi connectivity index (χ1n) is 6.59. The molecule has 1 N–H and O–H groups in total. The summed E-state index contributed by atoms with van der Waals surface area (Å²) in [5.41, 5.74) is 2.19. The highest BCUT2D eigenvalue weighted by molar-refractivity contribution is 6.30. The van der Waals surface area contributed by atoms with E-state index in [0.717, 1.165) is 11.3 Å². The number of nitrogens with zero attached hydrogens (tertiary/aromatic N) is 1. The van der Waals surface area contributed by atoms with E-state index in [0.29, 0.717) is 23.6 Å². The molecule has 0 bridgehead atoms. The maximum atomic E-state index is 13.3. The minimum absolute atomic E-state index is 0.335. The molecule has 1 heterocycles. The van der Waals surface area contributed by atoms with Gasteiger partial charge in [-0.15, -0.1) is 0 Å². The Labute approximate surface area is 126 Å². The second-order valence-corrected chi connectivity index (χ2v) is 5.44. The predicted octanol–water partition coefficient (Wildman–Crippen LogP) is 3.67. The molecule has 21 heavy (non-hydrogen) atoms. The molecule has 2 aromatic carbocycles. The number of benzene rings is 2. The number of carbonyl (C=O) groups is 1. The first kappa shape index (κ1) is 13.9. The summed E-state index contributed by atoms with van der Waals surface area (Å²) >= 11 is 5.87. The molecular weight excluding hydrogens is 293 g/mol. The maximum Gasteiger partial charge on any atom is 0.331 e. The average Bonchev–Trinajstić information content (AvgIpc) is 2.46. The Morgan fingerprint density at radius 1 is 1.24 bits per heavy atom. The van der Waals surface area contributed by atoms with Gasteiger partial charge >= 0.3 is 5.97 Å². The summed E-state index contributed by atoms with van der Waals surface area (Å²) < 4.78 is 13.3. The number of hydrogen-bond donors (Lipinski definition) is 1. The van der Waals surface area contributed by atoms with E-state index in [1.54, 1.807) is 35.2 Å². The standard InChI is InChI=1S/C16H13ClFNO2/c17-11-1-4-13(5-2-11)19-8-7-10-9-12(18)3-6-14(10)15(19)16(20)21/h1-6,9,15H,7-8H2,(H,20,21)/t15-/m1/s1. The second kappa shape index (κ2) is 5.37. The number of anilines is 1. The molecular formula is C16H13ClFNO2. The van der Waals surface area contributed by atoms with Crippen LogP contribution in [0.4, 0.5) is 10.1 Å². The van der Waals surface area contributed by atoms with E-state index in [9.17, 15) is 14.3 Å². The van der Waals surface area contributed by atoms with E-state index >= 15 is 0 Å². The molecule has 3 rings (SSSR count). The molecule has 0 amide bonds. The summed E-state index contributed by atoms with van der Waals surface area (Å²) in [5.74, 6) is -1.28. The van der Waals surface area contributed by atoms with E-state index < -0.39 is 12.0 Å². The van der Waals surface area contributed by atoms with Crippen molar-refractivity contribution in [3.8, 4) is 0 Å². The van der Waals surface area contributed by atoms with Crippen LogP contribution in [-0.2, 0) is 11.2 Å². The van der Waals surface area contributed by atoms with E-state index in [2.05, 4.69) is 0 Å². The Kier molecular flexibility index (Phi) is 3.55.